The summed E-state index contributed by atoms with van der Waals surface area (Å²) in [6.07, 6.45) is 2.60. The van der Waals surface area contributed by atoms with Crippen molar-refractivity contribution in [2.24, 2.45) is 0 Å². The molecule has 0 atom stereocenters. The average Bonchev–Trinajstić information content (AvgIpc) is 2.45. The molecule has 0 aliphatic carbocycles. The van der Waals surface area contributed by atoms with Crippen LogP contribution in [0.15, 0.2) is 48.7 Å². The van der Waals surface area contributed by atoms with Crippen molar-refractivity contribution in [3.05, 3.63) is 54.4 Å². The molecule has 19 heavy (non-hydrogen) atoms. The molecule has 0 aliphatic heterocycles. The molecule has 2 N–H and O–H groups in total. The molecule has 4 heteroatoms. The summed E-state index contributed by atoms with van der Waals surface area (Å²) < 4.78 is 11.0. The summed E-state index contributed by atoms with van der Waals surface area (Å²) >= 11 is 0. The summed E-state index contributed by atoms with van der Waals surface area (Å²) in [6, 6.07) is 13.3. The SMILES string of the molecule is Nc1ccccc1OCCOCCc1ccccn1. The molecule has 0 radical (unpaired) electrons. The van der Waals surface area contributed by atoms with Crippen molar-refractivity contribution < 1.29 is 9.47 Å². The smallest absolute Gasteiger partial charge is 0.142 e. The lowest BCUT2D eigenvalue weighted by atomic mass is 10.3. The van der Waals surface area contributed by atoms with Crippen LogP contribution in [-0.4, -0.2) is 24.8 Å². The van der Waals surface area contributed by atoms with Gasteiger partial charge in [-0.25, -0.2) is 0 Å². The fourth-order valence-electron chi connectivity index (χ4n) is 1.65. The van der Waals surface area contributed by atoms with Crippen LogP contribution in [0.4, 0.5) is 5.69 Å². The van der Waals surface area contributed by atoms with Gasteiger partial charge >= 0.3 is 0 Å². The molecule has 1 aromatic carbocycles. The first-order chi connectivity index (χ1) is 9.36. The van der Waals surface area contributed by atoms with E-state index in [4.69, 9.17) is 15.2 Å². The molecule has 0 saturated carbocycles. The van der Waals surface area contributed by atoms with Gasteiger partial charge in [0.25, 0.3) is 0 Å². The molecule has 4 nitrogen and oxygen atoms in total. The Labute approximate surface area is 113 Å². The standard InChI is InChI=1S/C15H18N2O2/c16-14-6-1-2-7-15(14)19-12-11-18-10-8-13-5-3-4-9-17-13/h1-7,9H,8,10-12,16H2. The fourth-order valence-corrected chi connectivity index (χ4v) is 1.65. The summed E-state index contributed by atoms with van der Waals surface area (Å²) in [6.45, 7) is 1.68. The van der Waals surface area contributed by atoms with Gasteiger partial charge in [-0.15, -0.1) is 0 Å². The molecular formula is C15H18N2O2. The van der Waals surface area contributed by atoms with E-state index >= 15 is 0 Å². The van der Waals surface area contributed by atoms with Gasteiger partial charge in [-0.2, -0.15) is 0 Å². The van der Waals surface area contributed by atoms with E-state index in [9.17, 15) is 0 Å². The number of benzene rings is 1. The second kappa shape index (κ2) is 7.38. The van der Waals surface area contributed by atoms with Gasteiger partial charge in [0.15, 0.2) is 0 Å². The number of nitrogens with two attached hydrogens (primary N) is 1. The number of aromatic nitrogens is 1. The first-order valence-corrected chi connectivity index (χ1v) is 6.31. The molecule has 100 valence electrons. The minimum Gasteiger partial charge on any atom is -0.489 e. The molecule has 0 unspecified atom stereocenters. The van der Waals surface area contributed by atoms with Gasteiger partial charge in [-0.05, 0) is 24.3 Å². The van der Waals surface area contributed by atoms with Crippen LogP contribution in [0, 0.1) is 0 Å². The second-order valence-corrected chi connectivity index (χ2v) is 4.07. The van der Waals surface area contributed by atoms with Gasteiger partial charge in [0.2, 0.25) is 0 Å². The van der Waals surface area contributed by atoms with E-state index in [1.807, 2.05) is 42.5 Å². The highest BCUT2D eigenvalue weighted by Gasteiger charge is 1.98. The number of hydrogen-bond acceptors (Lipinski definition) is 4. The summed E-state index contributed by atoms with van der Waals surface area (Å²) in [7, 11) is 0. The molecule has 1 heterocycles. The Bertz CT molecular complexity index is 489. The largest absolute Gasteiger partial charge is 0.489 e. The van der Waals surface area contributed by atoms with Gasteiger partial charge in [-0.1, -0.05) is 18.2 Å². The van der Waals surface area contributed by atoms with Crippen LogP contribution in [0.2, 0.25) is 0 Å². The van der Waals surface area contributed by atoms with Crippen molar-refractivity contribution in [1.82, 2.24) is 4.98 Å². The lowest BCUT2D eigenvalue weighted by Gasteiger charge is -2.08. The molecule has 0 amide bonds. The van der Waals surface area contributed by atoms with Gasteiger partial charge in [0.1, 0.15) is 12.4 Å². The third-order valence-corrected chi connectivity index (χ3v) is 2.63. The summed E-state index contributed by atoms with van der Waals surface area (Å²) in [5.41, 5.74) is 7.45. The number of hydrogen-bond donors (Lipinski definition) is 1. The molecule has 0 fully saturated rings. The normalized spacial score (nSPS) is 10.3. The number of rotatable bonds is 7. The minimum atomic E-state index is 0.496. The Morgan fingerprint density at radius 3 is 2.58 bits per heavy atom. The van der Waals surface area contributed by atoms with E-state index in [2.05, 4.69) is 4.98 Å². The minimum absolute atomic E-state index is 0.496. The maximum Gasteiger partial charge on any atom is 0.142 e. The summed E-state index contributed by atoms with van der Waals surface area (Å²) in [5.74, 6) is 0.704. The quantitative estimate of drug-likeness (QED) is 0.611. The molecular weight excluding hydrogens is 240 g/mol. The predicted molar refractivity (Wildman–Crippen MR) is 75.1 cm³/mol. The van der Waals surface area contributed by atoms with E-state index in [1.165, 1.54) is 0 Å². The highest BCUT2D eigenvalue weighted by molar-refractivity contribution is 5.51. The Hall–Kier alpha value is -2.07. The van der Waals surface area contributed by atoms with Crippen LogP contribution in [0.25, 0.3) is 0 Å². The molecule has 2 rings (SSSR count). The number of pyridine rings is 1. The lowest BCUT2D eigenvalue weighted by Crippen LogP contribution is -2.09. The first-order valence-electron chi connectivity index (χ1n) is 6.31. The second-order valence-electron chi connectivity index (χ2n) is 4.07. The summed E-state index contributed by atoms with van der Waals surface area (Å²) in [5, 5.41) is 0. The average molecular weight is 258 g/mol. The monoisotopic (exact) mass is 258 g/mol. The van der Waals surface area contributed by atoms with Crippen molar-refractivity contribution >= 4 is 5.69 Å². The number of ether oxygens (including phenoxy) is 2. The van der Waals surface area contributed by atoms with Crippen molar-refractivity contribution in [3.63, 3.8) is 0 Å². The van der Waals surface area contributed by atoms with E-state index in [0.29, 0.717) is 31.3 Å². The third kappa shape index (κ3) is 4.60. The highest BCUT2D eigenvalue weighted by atomic mass is 16.5. The third-order valence-electron chi connectivity index (χ3n) is 2.63. The maximum absolute atomic E-state index is 5.76. The maximum atomic E-state index is 5.76. The lowest BCUT2D eigenvalue weighted by molar-refractivity contribution is 0.102. The van der Waals surface area contributed by atoms with E-state index in [0.717, 1.165) is 12.1 Å². The van der Waals surface area contributed by atoms with Crippen molar-refractivity contribution in [2.75, 3.05) is 25.6 Å². The van der Waals surface area contributed by atoms with Crippen molar-refractivity contribution in [1.29, 1.82) is 0 Å². The predicted octanol–water partition coefficient (Wildman–Crippen LogP) is 2.30. The molecule has 2 aromatic rings. The molecule has 0 saturated heterocycles. The van der Waals surface area contributed by atoms with Crippen LogP contribution in [0.5, 0.6) is 5.75 Å². The molecule has 1 aromatic heterocycles. The van der Waals surface area contributed by atoms with E-state index < -0.39 is 0 Å². The highest BCUT2D eigenvalue weighted by Crippen LogP contribution is 2.19. The van der Waals surface area contributed by atoms with Crippen LogP contribution in [0.1, 0.15) is 5.69 Å². The van der Waals surface area contributed by atoms with Crippen molar-refractivity contribution in [3.8, 4) is 5.75 Å². The van der Waals surface area contributed by atoms with Gasteiger partial charge in [-0.3, -0.25) is 4.98 Å². The Balaban J connectivity index is 1.59. The molecule has 0 bridgehead atoms. The summed E-state index contributed by atoms with van der Waals surface area (Å²) in [4.78, 5) is 4.23. The topological polar surface area (TPSA) is 57.4 Å². The van der Waals surface area contributed by atoms with Crippen LogP contribution in [-0.2, 0) is 11.2 Å². The number of nitrogens with zero attached hydrogens (tertiary/aromatic N) is 1. The number of nitrogen functional groups attached to an aromatic ring is 1. The molecule has 0 spiro atoms. The van der Waals surface area contributed by atoms with Gasteiger partial charge in [0, 0.05) is 18.3 Å². The van der Waals surface area contributed by atoms with Crippen LogP contribution < -0.4 is 10.5 Å². The van der Waals surface area contributed by atoms with Crippen molar-refractivity contribution in [2.45, 2.75) is 6.42 Å². The Morgan fingerprint density at radius 1 is 0.947 bits per heavy atom. The van der Waals surface area contributed by atoms with Crippen LogP contribution >= 0.6 is 0 Å². The zero-order valence-corrected chi connectivity index (χ0v) is 10.8. The van der Waals surface area contributed by atoms with E-state index in [-0.39, 0.29) is 0 Å². The number of para-hydroxylation sites is 2. The van der Waals surface area contributed by atoms with Gasteiger partial charge in [0.05, 0.1) is 18.9 Å². The fraction of sp³-hybridized carbons (Fsp3) is 0.267. The Kier molecular flexibility index (Phi) is 5.19. The number of anilines is 1. The zero-order chi connectivity index (χ0) is 13.3. The van der Waals surface area contributed by atoms with Crippen LogP contribution in [0.3, 0.4) is 0 Å². The Morgan fingerprint density at radius 2 is 1.79 bits per heavy atom. The first kappa shape index (κ1) is 13.4. The van der Waals surface area contributed by atoms with E-state index in [1.54, 1.807) is 6.20 Å². The molecule has 0 aliphatic rings. The zero-order valence-electron chi connectivity index (χ0n) is 10.8. The van der Waals surface area contributed by atoms with Gasteiger partial charge < -0.3 is 15.2 Å².